The molecule has 0 heterocycles. The first-order chi connectivity index (χ1) is 11.2. The van der Waals surface area contributed by atoms with Crippen molar-refractivity contribution in [1.82, 2.24) is 4.72 Å². The molecule has 7 heteroatoms. The molecule has 0 aliphatic rings. The van der Waals surface area contributed by atoms with E-state index >= 15 is 0 Å². The lowest BCUT2D eigenvalue weighted by Gasteiger charge is -2.16. The van der Waals surface area contributed by atoms with Crippen LogP contribution in [0.4, 0.5) is 5.69 Å². The predicted octanol–water partition coefficient (Wildman–Crippen LogP) is 3.65. The molecule has 2 N–H and O–H groups in total. The fraction of sp³-hybridized carbons (Fsp3) is 0.235. The van der Waals surface area contributed by atoms with E-state index in [-0.39, 0.29) is 10.8 Å². The summed E-state index contributed by atoms with van der Waals surface area (Å²) in [6, 6.07) is 11.2. The van der Waals surface area contributed by atoms with Gasteiger partial charge in [-0.15, -0.1) is 0 Å². The first-order valence-electron chi connectivity index (χ1n) is 7.35. The van der Waals surface area contributed by atoms with Crippen molar-refractivity contribution in [2.24, 2.45) is 0 Å². The summed E-state index contributed by atoms with van der Waals surface area (Å²) in [6.07, 6.45) is 0. The molecule has 0 aliphatic heterocycles. The largest absolute Gasteiger partial charge is 0.326 e. The number of halogens is 1. The summed E-state index contributed by atoms with van der Waals surface area (Å²) in [6.45, 7) is 4.96. The van der Waals surface area contributed by atoms with Gasteiger partial charge in [0.1, 0.15) is 0 Å². The monoisotopic (exact) mass is 366 g/mol. The first kappa shape index (κ1) is 18.4. The van der Waals surface area contributed by atoms with Crippen molar-refractivity contribution in [2.75, 3.05) is 5.32 Å². The van der Waals surface area contributed by atoms with Crippen LogP contribution in [0.5, 0.6) is 0 Å². The molecule has 0 bridgehead atoms. The van der Waals surface area contributed by atoms with E-state index < -0.39 is 16.1 Å². The Morgan fingerprint density at radius 3 is 2.50 bits per heavy atom. The van der Waals surface area contributed by atoms with Gasteiger partial charge in [-0.2, -0.15) is 0 Å². The molecular formula is C17H19ClN2O3S. The number of amides is 1. The highest BCUT2D eigenvalue weighted by Crippen LogP contribution is 2.23. The summed E-state index contributed by atoms with van der Waals surface area (Å²) in [5.74, 6) is -0.185. The van der Waals surface area contributed by atoms with Crippen LogP contribution >= 0.6 is 11.6 Å². The third-order valence-corrected chi connectivity index (χ3v) is 5.44. The van der Waals surface area contributed by atoms with Crippen molar-refractivity contribution < 1.29 is 13.2 Å². The number of benzene rings is 2. The number of carbonyl (C=O) groups excluding carboxylic acids is 1. The Morgan fingerprint density at radius 2 is 1.88 bits per heavy atom. The molecule has 128 valence electrons. The molecule has 0 spiro atoms. The van der Waals surface area contributed by atoms with Crippen LogP contribution in [0.2, 0.25) is 5.02 Å². The number of aryl methyl sites for hydroxylation is 1. The molecule has 1 amide bonds. The smallest absolute Gasteiger partial charge is 0.241 e. The summed E-state index contributed by atoms with van der Waals surface area (Å²) < 4.78 is 27.6. The Kier molecular flexibility index (Phi) is 5.64. The second-order valence-corrected chi connectivity index (χ2v) is 7.68. The van der Waals surface area contributed by atoms with Crippen molar-refractivity contribution in [2.45, 2.75) is 31.7 Å². The number of rotatable bonds is 5. The van der Waals surface area contributed by atoms with Gasteiger partial charge in [0.05, 0.1) is 4.90 Å². The highest BCUT2D eigenvalue weighted by atomic mass is 35.5. The maximum Gasteiger partial charge on any atom is 0.241 e. The molecule has 2 rings (SSSR count). The fourth-order valence-electron chi connectivity index (χ4n) is 2.20. The van der Waals surface area contributed by atoms with E-state index in [1.807, 2.05) is 6.92 Å². The van der Waals surface area contributed by atoms with Gasteiger partial charge in [0.15, 0.2) is 0 Å². The summed E-state index contributed by atoms with van der Waals surface area (Å²) >= 11 is 6.01. The molecule has 0 radical (unpaired) electrons. The molecule has 1 unspecified atom stereocenters. The van der Waals surface area contributed by atoms with Crippen LogP contribution in [0.1, 0.15) is 31.0 Å². The number of hydrogen-bond acceptors (Lipinski definition) is 3. The average Bonchev–Trinajstić information content (AvgIpc) is 2.49. The Hall–Kier alpha value is -1.89. The SMILES string of the molecule is CC(=O)Nc1cccc(C(C)NS(=O)(=O)c2ccc(C)c(Cl)c2)c1. The van der Waals surface area contributed by atoms with E-state index in [1.54, 1.807) is 37.3 Å². The molecule has 0 aliphatic carbocycles. The molecule has 24 heavy (non-hydrogen) atoms. The molecule has 2 aromatic carbocycles. The normalized spacial score (nSPS) is 12.7. The van der Waals surface area contributed by atoms with E-state index in [0.717, 1.165) is 11.1 Å². The standard InChI is InChI=1S/C17H19ClN2O3S/c1-11-7-8-16(10-17(11)18)24(22,23)20-12(2)14-5-4-6-15(9-14)19-13(3)21/h4-10,12,20H,1-3H3,(H,19,21). The molecular weight excluding hydrogens is 348 g/mol. The van der Waals surface area contributed by atoms with Crippen LogP contribution in [0, 0.1) is 6.92 Å². The molecule has 0 aromatic heterocycles. The Labute approximate surface area is 147 Å². The van der Waals surface area contributed by atoms with Crippen molar-refractivity contribution >= 4 is 33.2 Å². The molecule has 2 aromatic rings. The molecule has 0 saturated carbocycles. The van der Waals surface area contributed by atoms with Crippen LogP contribution in [-0.2, 0) is 14.8 Å². The fourth-order valence-corrected chi connectivity index (χ4v) is 3.70. The topological polar surface area (TPSA) is 75.3 Å². The third kappa shape index (κ3) is 4.56. The summed E-state index contributed by atoms with van der Waals surface area (Å²) in [5.41, 5.74) is 2.17. The Balaban J connectivity index is 2.23. The van der Waals surface area contributed by atoms with E-state index in [4.69, 9.17) is 11.6 Å². The zero-order valence-electron chi connectivity index (χ0n) is 13.6. The Bertz CT molecular complexity index is 866. The van der Waals surface area contributed by atoms with Crippen LogP contribution < -0.4 is 10.0 Å². The van der Waals surface area contributed by atoms with E-state index in [9.17, 15) is 13.2 Å². The number of sulfonamides is 1. The highest BCUT2D eigenvalue weighted by molar-refractivity contribution is 7.89. The van der Waals surface area contributed by atoms with Crippen molar-refractivity contribution in [3.8, 4) is 0 Å². The van der Waals surface area contributed by atoms with Crippen LogP contribution in [0.25, 0.3) is 0 Å². The minimum Gasteiger partial charge on any atom is -0.326 e. The van der Waals surface area contributed by atoms with Gasteiger partial charge in [-0.1, -0.05) is 29.8 Å². The summed E-state index contributed by atoms with van der Waals surface area (Å²) in [4.78, 5) is 11.2. The number of nitrogens with one attached hydrogen (secondary N) is 2. The zero-order valence-corrected chi connectivity index (χ0v) is 15.2. The molecule has 0 fully saturated rings. The van der Waals surface area contributed by atoms with Gasteiger partial charge >= 0.3 is 0 Å². The van der Waals surface area contributed by atoms with Crippen LogP contribution in [0.3, 0.4) is 0 Å². The lowest BCUT2D eigenvalue weighted by atomic mass is 10.1. The first-order valence-corrected chi connectivity index (χ1v) is 9.21. The van der Waals surface area contributed by atoms with Crippen molar-refractivity contribution in [3.63, 3.8) is 0 Å². The average molecular weight is 367 g/mol. The van der Waals surface area contributed by atoms with E-state index in [1.165, 1.54) is 19.1 Å². The van der Waals surface area contributed by atoms with Gasteiger partial charge in [-0.3, -0.25) is 4.79 Å². The third-order valence-electron chi connectivity index (χ3n) is 3.49. The van der Waals surface area contributed by atoms with Gasteiger partial charge in [-0.25, -0.2) is 13.1 Å². The van der Waals surface area contributed by atoms with Gasteiger partial charge in [0.25, 0.3) is 0 Å². The maximum atomic E-state index is 12.5. The number of hydrogen-bond donors (Lipinski definition) is 2. The number of carbonyl (C=O) groups is 1. The number of anilines is 1. The predicted molar refractivity (Wildman–Crippen MR) is 95.7 cm³/mol. The highest BCUT2D eigenvalue weighted by Gasteiger charge is 2.19. The van der Waals surface area contributed by atoms with Crippen molar-refractivity contribution in [1.29, 1.82) is 0 Å². The van der Waals surface area contributed by atoms with Crippen molar-refractivity contribution in [3.05, 3.63) is 58.6 Å². The second kappa shape index (κ2) is 7.34. The van der Waals surface area contributed by atoms with Gasteiger partial charge in [-0.05, 0) is 49.2 Å². The quantitative estimate of drug-likeness (QED) is 0.848. The molecule has 1 atom stereocenters. The zero-order chi connectivity index (χ0) is 17.9. The van der Waals surface area contributed by atoms with Crippen LogP contribution in [0.15, 0.2) is 47.4 Å². The molecule has 0 saturated heterocycles. The second-order valence-electron chi connectivity index (χ2n) is 5.56. The van der Waals surface area contributed by atoms with Gasteiger partial charge < -0.3 is 5.32 Å². The van der Waals surface area contributed by atoms with Gasteiger partial charge in [0.2, 0.25) is 15.9 Å². The minimum absolute atomic E-state index is 0.114. The summed E-state index contributed by atoms with van der Waals surface area (Å²) in [7, 11) is -3.70. The van der Waals surface area contributed by atoms with E-state index in [2.05, 4.69) is 10.0 Å². The lowest BCUT2D eigenvalue weighted by Crippen LogP contribution is -2.27. The Morgan fingerprint density at radius 1 is 1.17 bits per heavy atom. The molecule has 5 nitrogen and oxygen atoms in total. The lowest BCUT2D eigenvalue weighted by molar-refractivity contribution is -0.114. The summed E-state index contributed by atoms with van der Waals surface area (Å²) in [5, 5.41) is 3.08. The maximum absolute atomic E-state index is 12.5. The van der Waals surface area contributed by atoms with Crippen LogP contribution in [-0.4, -0.2) is 14.3 Å². The minimum atomic E-state index is -3.70. The van der Waals surface area contributed by atoms with Gasteiger partial charge in [0, 0.05) is 23.7 Å². The van der Waals surface area contributed by atoms with E-state index in [0.29, 0.717) is 10.7 Å².